The highest BCUT2D eigenvalue weighted by molar-refractivity contribution is 6.31. The van der Waals surface area contributed by atoms with Crippen LogP contribution in [-0.4, -0.2) is 12.0 Å². The van der Waals surface area contributed by atoms with E-state index in [0.717, 1.165) is 16.8 Å². The van der Waals surface area contributed by atoms with Crippen LogP contribution < -0.4 is 9.64 Å². The molecule has 27 heavy (non-hydrogen) atoms. The van der Waals surface area contributed by atoms with E-state index in [1.165, 1.54) is 5.56 Å². The Morgan fingerprint density at radius 2 is 1.59 bits per heavy atom. The average Bonchev–Trinajstić information content (AvgIpc) is 2.68. The van der Waals surface area contributed by atoms with Gasteiger partial charge >= 0.3 is 0 Å². The minimum absolute atomic E-state index is 0.0629. The molecule has 1 saturated heterocycles. The number of carbonyl (C=O) groups excluding carboxylic acids is 1. The number of hydrogen-bond donors (Lipinski definition) is 0. The SMILES string of the molecule is Cc1ccc(N2C(=O)[C@H](Oc3ccccc3)[C@@H]2c2ccccc2Cl)cc1C. The number of β-lactam (4-membered cyclic amide) rings is 1. The first-order chi connectivity index (χ1) is 13.1. The van der Waals surface area contributed by atoms with Gasteiger partial charge in [0.05, 0.1) is 0 Å². The molecule has 0 bridgehead atoms. The van der Waals surface area contributed by atoms with E-state index in [1.807, 2.05) is 79.7 Å². The predicted molar refractivity (Wildman–Crippen MR) is 108 cm³/mol. The van der Waals surface area contributed by atoms with Crippen LogP contribution in [0.2, 0.25) is 5.02 Å². The molecule has 0 saturated carbocycles. The van der Waals surface area contributed by atoms with Crippen molar-refractivity contribution in [3.05, 3.63) is 94.5 Å². The highest BCUT2D eigenvalue weighted by Gasteiger charge is 2.51. The van der Waals surface area contributed by atoms with Gasteiger partial charge in [0.15, 0.2) is 0 Å². The van der Waals surface area contributed by atoms with Crippen molar-refractivity contribution < 1.29 is 9.53 Å². The zero-order valence-corrected chi connectivity index (χ0v) is 16.0. The molecule has 3 nitrogen and oxygen atoms in total. The Balaban J connectivity index is 1.73. The van der Waals surface area contributed by atoms with Gasteiger partial charge in [0.25, 0.3) is 5.91 Å². The van der Waals surface area contributed by atoms with Crippen LogP contribution in [0.1, 0.15) is 22.7 Å². The molecule has 0 unspecified atom stereocenters. The number of hydrogen-bond acceptors (Lipinski definition) is 2. The number of para-hydroxylation sites is 1. The van der Waals surface area contributed by atoms with Crippen molar-refractivity contribution in [3.63, 3.8) is 0 Å². The molecule has 1 fully saturated rings. The van der Waals surface area contributed by atoms with Crippen LogP contribution in [0.5, 0.6) is 5.75 Å². The predicted octanol–water partition coefficient (Wildman–Crippen LogP) is 5.49. The average molecular weight is 378 g/mol. The largest absolute Gasteiger partial charge is 0.478 e. The first kappa shape index (κ1) is 17.6. The third-order valence-electron chi connectivity index (χ3n) is 5.04. The molecular weight excluding hydrogens is 358 g/mol. The maximum Gasteiger partial charge on any atom is 0.271 e. The molecule has 0 aromatic heterocycles. The van der Waals surface area contributed by atoms with Crippen molar-refractivity contribution in [1.29, 1.82) is 0 Å². The molecular formula is C23H20ClNO2. The van der Waals surface area contributed by atoms with Crippen LogP contribution in [-0.2, 0) is 4.79 Å². The lowest BCUT2D eigenvalue weighted by atomic mass is 9.89. The molecule has 4 heteroatoms. The number of nitrogens with zero attached hydrogens (tertiary/aromatic N) is 1. The van der Waals surface area contributed by atoms with Crippen molar-refractivity contribution >= 4 is 23.2 Å². The summed E-state index contributed by atoms with van der Waals surface area (Å²) in [6, 6.07) is 22.8. The molecule has 1 heterocycles. The maximum absolute atomic E-state index is 13.0. The van der Waals surface area contributed by atoms with E-state index in [9.17, 15) is 4.79 Å². The molecule has 0 radical (unpaired) electrons. The van der Waals surface area contributed by atoms with Crippen LogP contribution in [0, 0.1) is 13.8 Å². The summed E-state index contributed by atoms with van der Waals surface area (Å²) < 4.78 is 6.04. The van der Waals surface area contributed by atoms with E-state index in [4.69, 9.17) is 16.3 Å². The number of amides is 1. The summed E-state index contributed by atoms with van der Waals surface area (Å²) in [6.45, 7) is 4.11. The number of anilines is 1. The smallest absolute Gasteiger partial charge is 0.271 e. The van der Waals surface area contributed by atoms with E-state index in [1.54, 1.807) is 4.90 Å². The van der Waals surface area contributed by atoms with Gasteiger partial charge in [-0.1, -0.05) is 54.1 Å². The minimum Gasteiger partial charge on any atom is -0.478 e. The van der Waals surface area contributed by atoms with Gasteiger partial charge in [-0.2, -0.15) is 0 Å². The van der Waals surface area contributed by atoms with Gasteiger partial charge in [-0.05, 0) is 60.9 Å². The van der Waals surface area contributed by atoms with E-state index in [-0.39, 0.29) is 11.9 Å². The summed E-state index contributed by atoms with van der Waals surface area (Å²) >= 11 is 6.46. The molecule has 4 rings (SSSR count). The molecule has 136 valence electrons. The molecule has 1 aliphatic rings. The normalized spacial score (nSPS) is 18.9. The van der Waals surface area contributed by atoms with Crippen molar-refractivity contribution in [2.75, 3.05) is 4.90 Å². The van der Waals surface area contributed by atoms with Crippen molar-refractivity contribution in [1.82, 2.24) is 0 Å². The molecule has 0 N–H and O–H groups in total. The number of halogens is 1. The molecule has 1 aliphatic heterocycles. The standard InChI is InChI=1S/C23H20ClNO2/c1-15-12-13-17(14-16(15)2)25-21(19-10-6-7-11-20(19)24)22(23(25)26)27-18-8-4-3-5-9-18/h3-14,21-22H,1-2H3/t21-,22+/m0/s1. The van der Waals surface area contributed by atoms with Gasteiger partial charge < -0.3 is 4.74 Å². The summed E-state index contributed by atoms with van der Waals surface area (Å²) in [5.41, 5.74) is 4.09. The highest BCUT2D eigenvalue weighted by atomic mass is 35.5. The zero-order valence-electron chi connectivity index (χ0n) is 15.2. The van der Waals surface area contributed by atoms with Crippen molar-refractivity contribution in [2.45, 2.75) is 26.0 Å². The summed E-state index contributed by atoms with van der Waals surface area (Å²) in [6.07, 6.45) is -0.603. The first-order valence-electron chi connectivity index (χ1n) is 8.93. The number of carbonyl (C=O) groups is 1. The Labute approximate surface area is 164 Å². The Morgan fingerprint density at radius 3 is 2.30 bits per heavy atom. The summed E-state index contributed by atoms with van der Waals surface area (Å²) in [4.78, 5) is 14.8. The van der Waals surface area contributed by atoms with E-state index in [2.05, 4.69) is 6.92 Å². The maximum atomic E-state index is 13.0. The van der Waals surface area contributed by atoms with E-state index in [0.29, 0.717) is 10.8 Å². The van der Waals surface area contributed by atoms with Gasteiger partial charge in [0.1, 0.15) is 11.8 Å². The van der Waals surface area contributed by atoms with Gasteiger partial charge in [-0.3, -0.25) is 9.69 Å². The van der Waals surface area contributed by atoms with E-state index >= 15 is 0 Å². The molecule has 0 spiro atoms. The molecule has 3 aromatic rings. The van der Waals surface area contributed by atoms with Crippen molar-refractivity contribution in [3.8, 4) is 5.75 Å². The summed E-state index contributed by atoms with van der Waals surface area (Å²) in [5.74, 6) is 0.611. The topological polar surface area (TPSA) is 29.5 Å². The fraction of sp³-hybridized carbons (Fsp3) is 0.174. The molecule has 0 aliphatic carbocycles. The zero-order chi connectivity index (χ0) is 19.0. The number of aryl methyl sites for hydroxylation is 2. The second-order valence-corrected chi connectivity index (χ2v) is 7.20. The Kier molecular flexibility index (Phi) is 4.63. The lowest BCUT2D eigenvalue weighted by Gasteiger charge is -2.47. The van der Waals surface area contributed by atoms with Crippen LogP contribution in [0.25, 0.3) is 0 Å². The summed E-state index contributed by atoms with van der Waals surface area (Å²) in [5, 5.41) is 0.630. The van der Waals surface area contributed by atoms with Crippen molar-refractivity contribution in [2.24, 2.45) is 0 Å². The minimum atomic E-state index is -0.603. The second-order valence-electron chi connectivity index (χ2n) is 6.79. The van der Waals surface area contributed by atoms with Crippen LogP contribution in [0.3, 0.4) is 0 Å². The Bertz CT molecular complexity index is 987. The Morgan fingerprint density at radius 1 is 0.889 bits per heavy atom. The first-order valence-corrected chi connectivity index (χ1v) is 9.30. The third-order valence-corrected chi connectivity index (χ3v) is 5.39. The van der Waals surface area contributed by atoms with Gasteiger partial charge in [0.2, 0.25) is 6.10 Å². The quantitative estimate of drug-likeness (QED) is 0.562. The van der Waals surface area contributed by atoms with E-state index < -0.39 is 6.10 Å². The third kappa shape index (κ3) is 3.19. The van der Waals surface area contributed by atoms with Crippen LogP contribution in [0.15, 0.2) is 72.8 Å². The Hall–Kier alpha value is -2.78. The second kappa shape index (κ2) is 7.09. The monoisotopic (exact) mass is 377 g/mol. The fourth-order valence-electron chi connectivity index (χ4n) is 3.40. The number of rotatable bonds is 4. The lowest BCUT2D eigenvalue weighted by Crippen LogP contribution is -2.61. The van der Waals surface area contributed by atoms with Crippen LogP contribution in [0.4, 0.5) is 5.69 Å². The molecule has 3 aromatic carbocycles. The lowest BCUT2D eigenvalue weighted by molar-refractivity contribution is -0.135. The van der Waals surface area contributed by atoms with Crippen LogP contribution >= 0.6 is 11.6 Å². The van der Waals surface area contributed by atoms with Gasteiger partial charge in [0, 0.05) is 10.7 Å². The fourth-order valence-corrected chi connectivity index (χ4v) is 3.65. The summed E-state index contributed by atoms with van der Waals surface area (Å²) in [7, 11) is 0. The highest BCUT2D eigenvalue weighted by Crippen LogP contribution is 2.43. The van der Waals surface area contributed by atoms with Gasteiger partial charge in [-0.25, -0.2) is 0 Å². The number of ether oxygens (including phenoxy) is 1. The number of benzene rings is 3. The van der Waals surface area contributed by atoms with Gasteiger partial charge in [-0.15, -0.1) is 0 Å². The molecule has 1 amide bonds. The molecule has 2 atom stereocenters.